The Morgan fingerprint density at radius 3 is 2.35 bits per heavy atom. The van der Waals surface area contributed by atoms with Crippen molar-refractivity contribution in [3.8, 4) is 0 Å². The van der Waals surface area contributed by atoms with Crippen LogP contribution in [0.5, 0.6) is 0 Å². The van der Waals surface area contributed by atoms with Crippen molar-refractivity contribution < 1.29 is 8.42 Å². The molecule has 1 rings (SSSR count). The van der Waals surface area contributed by atoms with E-state index in [1.54, 1.807) is 0 Å². The fourth-order valence-electron chi connectivity index (χ4n) is 2.28. The van der Waals surface area contributed by atoms with Crippen molar-refractivity contribution in [2.75, 3.05) is 25.1 Å². The predicted molar refractivity (Wildman–Crippen MR) is 72.9 cm³/mol. The van der Waals surface area contributed by atoms with Crippen LogP contribution in [-0.4, -0.2) is 33.5 Å². The minimum absolute atomic E-state index is 0.165. The lowest BCUT2D eigenvalue weighted by Gasteiger charge is -2.30. The van der Waals surface area contributed by atoms with Crippen LogP contribution in [0.2, 0.25) is 0 Å². The van der Waals surface area contributed by atoms with E-state index in [0.29, 0.717) is 11.7 Å². The zero-order valence-electron chi connectivity index (χ0n) is 11.6. The second-order valence-electron chi connectivity index (χ2n) is 6.33. The molecule has 0 aromatic carbocycles. The van der Waals surface area contributed by atoms with Gasteiger partial charge in [0.05, 0.1) is 5.75 Å². The van der Waals surface area contributed by atoms with Gasteiger partial charge in [0, 0.05) is 12.8 Å². The summed E-state index contributed by atoms with van der Waals surface area (Å²) in [6, 6.07) is 0. The molecule has 0 amide bonds. The van der Waals surface area contributed by atoms with Crippen molar-refractivity contribution in [1.82, 2.24) is 5.32 Å². The molecule has 0 bridgehead atoms. The fraction of sp³-hybridized carbons (Fsp3) is 1.00. The average molecular weight is 261 g/mol. The summed E-state index contributed by atoms with van der Waals surface area (Å²) >= 11 is 0. The van der Waals surface area contributed by atoms with Crippen LogP contribution in [0.25, 0.3) is 0 Å². The summed E-state index contributed by atoms with van der Waals surface area (Å²) < 4.78 is 22.6. The van der Waals surface area contributed by atoms with Crippen LogP contribution >= 0.6 is 0 Å². The summed E-state index contributed by atoms with van der Waals surface area (Å²) in [5, 5.41) is 3.49. The van der Waals surface area contributed by atoms with E-state index in [9.17, 15) is 8.42 Å². The average Bonchev–Trinajstić information content (AvgIpc) is 2.96. The Hall–Kier alpha value is -0.0900. The molecule has 1 saturated carbocycles. The van der Waals surface area contributed by atoms with Crippen molar-refractivity contribution in [3.05, 3.63) is 0 Å². The number of rotatable bonds is 8. The first-order valence-corrected chi connectivity index (χ1v) is 8.67. The molecular formula is C13H27NO2S. The zero-order chi connectivity index (χ0) is 13.1. The lowest BCUT2D eigenvalue weighted by atomic mass is 9.82. The molecular weight excluding hydrogens is 234 g/mol. The summed E-state index contributed by atoms with van der Waals surface area (Å²) in [5.41, 5.74) is 0.165. The minimum atomic E-state index is -2.83. The standard InChI is InChI=1S/C13H27NO2S/c1-11(2)9-14-10-13(3,12-5-6-12)7-8-17(4,15)16/h11-12,14H,5-10H2,1-4H3. The number of hydrogen-bond acceptors (Lipinski definition) is 3. The van der Waals surface area contributed by atoms with Crippen LogP contribution < -0.4 is 5.32 Å². The van der Waals surface area contributed by atoms with E-state index in [1.165, 1.54) is 19.1 Å². The van der Waals surface area contributed by atoms with Crippen molar-refractivity contribution in [3.63, 3.8) is 0 Å². The van der Waals surface area contributed by atoms with Crippen LogP contribution in [0.1, 0.15) is 40.0 Å². The molecule has 3 nitrogen and oxygen atoms in total. The monoisotopic (exact) mass is 261 g/mol. The molecule has 0 aromatic rings. The zero-order valence-corrected chi connectivity index (χ0v) is 12.4. The van der Waals surface area contributed by atoms with Crippen LogP contribution in [0.3, 0.4) is 0 Å². The molecule has 1 aliphatic rings. The van der Waals surface area contributed by atoms with Gasteiger partial charge in [0.25, 0.3) is 0 Å². The van der Waals surface area contributed by atoms with Crippen LogP contribution in [0.15, 0.2) is 0 Å². The van der Waals surface area contributed by atoms with Crippen molar-refractivity contribution in [2.24, 2.45) is 17.3 Å². The van der Waals surface area contributed by atoms with Crippen LogP contribution in [0, 0.1) is 17.3 Å². The molecule has 0 saturated heterocycles. The molecule has 1 aliphatic carbocycles. The van der Waals surface area contributed by atoms with Gasteiger partial charge in [-0.1, -0.05) is 20.8 Å². The predicted octanol–water partition coefficient (Wildman–Crippen LogP) is 2.08. The Balaban J connectivity index is 2.44. The third-order valence-corrected chi connectivity index (χ3v) is 4.63. The largest absolute Gasteiger partial charge is 0.316 e. The molecule has 102 valence electrons. The van der Waals surface area contributed by atoms with E-state index in [4.69, 9.17) is 0 Å². The van der Waals surface area contributed by atoms with Gasteiger partial charge in [-0.3, -0.25) is 0 Å². The molecule has 0 heterocycles. The molecule has 0 spiro atoms. The molecule has 4 heteroatoms. The van der Waals surface area contributed by atoms with Gasteiger partial charge in [-0.05, 0) is 43.1 Å². The first kappa shape index (κ1) is 15.0. The Morgan fingerprint density at radius 1 is 1.35 bits per heavy atom. The summed E-state index contributed by atoms with van der Waals surface area (Å²) in [5.74, 6) is 1.70. The first-order chi connectivity index (χ1) is 7.73. The highest BCUT2D eigenvalue weighted by molar-refractivity contribution is 7.90. The van der Waals surface area contributed by atoms with Gasteiger partial charge < -0.3 is 5.32 Å². The molecule has 0 aliphatic heterocycles. The molecule has 0 radical (unpaired) electrons. The molecule has 1 fully saturated rings. The highest BCUT2D eigenvalue weighted by Crippen LogP contribution is 2.47. The van der Waals surface area contributed by atoms with E-state index in [2.05, 4.69) is 26.1 Å². The van der Waals surface area contributed by atoms with E-state index < -0.39 is 9.84 Å². The third kappa shape index (κ3) is 5.87. The maximum absolute atomic E-state index is 11.3. The van der Waals surface area contributed by atoms with Crippen molar-refractivity contribution >= 4 is 9.84 Å². The molecule has 1 unspecified atom stereocenters. The normalized spacial score (nSPS) is 20.5. The highest BCUT2D eigenvalue weighted by atomic mass is 32.2. The van der Waals surface area contributed by atoms with E-state index in [-0.39, 0.29) is 5.41 Å². The molecule has 0 aromatic heterocycles. The summed E-state index contributed by atoms with van der Waals surface area (Å²) in [6.45, 7) is 8.59. The SMILES string of the molecule is CC(C)CNCC(C)(CCS(C)(=O)=O)C1CC1. The number of hydrogen-bond donors (Lipinski definition) is 1. The molecule has 1 atom stereocenters. The minimum Gasteiger partial charge on any atom is -0.316 e. The van der Waals surface area contributed by atoms with Crippen LogP contribution in [-0.2, 0) is 9.84 Å². The molecule has 1 N–H and O–H groups in total. The smallest absolute Gasteiger partial charge is 0.147 e. The number of nitrogens with one attached hydrogen (secondary N) is 1. The van der Waals surface area contributed by atoms with E-state index in [0.717, 1.165) is 25.4 Å². The summed E-state index contributed by atoms with van der Waals surface area (Å²) in [7, 11) is -2.83. The van der Waals surface area contributed by atoms with Crippen molar-refractivity contribution in [2.45, 2.75) is 40.0 Å². The molecule has 17 heavy (non-hydrogen) atoms. The Bertz CT molecular complexity index is 333. The maximum atomic E-state index is 11.3. The Labute approximate surface area is 106 Å². The van der Waals surface area contributed by atoms with Gasteiger partial charge in [0.15, 0.2) is 0 Å². The Kier molecular flexibility index (Phi) is 5.02. The fourth-order valence-corrected chi connectivity index (χ4v) is 3.12. The number of sulfone groups is 1. The van der Waals surface area contributed by atoms with Gasteiger partial charge >= 0.3 is 0 Å². The van der Waals surface area contributed by atoms with E-state index >= 15 is 0 Å². The van der Waals surface area contributed by atoms with Gasteiger partial charge in [0.2, 0.25) is 0 Å². The van der Waals surface area contributed by atoms with Gasteiger partial charge in [-0.2, -0.15) is 0 Å². The van der Waals surface area contributed by atoms with Gasteiger partial charge in [-0.15, -0.1) is 0 Å². The van der Waals surface area contributed by atoms with E-state index in [1.807, 2.05) is 0 Å². The van der Waals surface area contributed by atoms with Crippen LogP contribution in [0.4, 0.5) is 0 Å². The van der Waals surface area contributed by atoms with Gasteiger partial charge in [-0.25, -0.2) is 8.42 Å². The quantitative estimate of drug-likeness (QED) is 0.727. The van der Waals surface area contributed by atoms with Gasteiger partial charge in [0.1, 0.15) is 9.84 Å². The summed E-state index contributed by atoms with van der Waals surface area (Å²) in [6.07, 6.45) is 4.66. The lowest BCUT2D eigenvalue weighted by molar-refractivity contribution is 0.245. The lowest BCUT2D eigenvalue weighted by Crippen LogP contribution is -2.36. The highest BCUT2D eigenvalue weighted by Gasteiger charge is 2.41. The van der Waals surface area contributed by atoms with Crippen molar-refractivity contribution in [1.29, 1.82) is 0 Å². The Morgan fingerprint density at radius 2 is 1.94 bits per heavy atom. The summed E-state index contributed by atoms with van der Waals surface area (Å²) in [4.78, 5) is 0. The second-order valence-corrected chi connectivity index (χ2v) is 8.59. The maximum Gasteiger partial charge on any atom is 0.147 e. The first-order valence-electron chi connectivity index (χ1n) is 6.61. The topological polar surface area (TPSA) is 46.2 Å². The third-order valence-electron chi connectivity index (χ3n) is 3.69. The second kappa shape index (κ2) is 5.70.